The summed E-state index contributed by atoms with van der Waals surface area (Å²) in [5.74, 6) is -0.546. The Labute approximate surface area is 146 Å². The molecule has 0 aliphatic rings. The van der Waals surface area contributed by atoms with Gasteiger partial charge < -0.3 is 0 Å². The van der Waals surface area contributed by atoms with Crippen LogP contribution < -0.4 is 11.0 Å². The molecule has 0 heterocycles. The molecule has 0 fully saturated rings. The molecule has 0 aromatic heterocycles. The van der Waals surface area contributed by atoms with Gasteiger partial charge in [0.2, 0.25) is 0 Å². The van der Waals surface area contributed by atoms with E-state index in [1.54, 1.807) is 23.7 Å². The van der Waals surface area contributed by atoms with E-state index in [1.807, 2.05) is 6.07 Å². The van der Waals surface area contributed by atoms with Gasteiger partial charge >= 0.3 is 5.24 Å². The zero-order chi connectivity index (χ0) is 15.5. The molecule has 4 N–H and O–H groups in total. The van der Waals surface area contributed by atoms with Crippen molar-refractivity contribution in [1.29, 1.82) is 0 Å². The topological polar surface area (TPSA) is 98.7 Å². The van der Waals surface area contributed by atoms with E-state index >= 15 is 0 Å². The van der Waals surface area contributed by atoms with Gasteiger partial charge in [-0.1, -0.05) is 6.07 Å². The van der Waals surface area contributed by atoms with E-state index in [2.05, 4.69) is 0 Å². The van der Waals surface area contributed by atoms with Gasteiger partial charge in [0.15, 0.2) is 0 Å². The summed E-state index contributed by atoms with van der Waals surface area (Å²) in [6, 6.07) is 6.89. The average molecular weight is 421 g/mol. The van der Waals surface area contributed by atoms with E-state index < -0.39 is 11.1 Å². The third kappa shape index (κ3) is 8.66. The number of hydrogen-bond acceptors (Lipinski definition) is 11. The monoisotopic (exact) mass is 420 g/mol. The van der Waals surface area contributed by atoms with E-state index in [1.165, 1.54) is 65.4 Å². The summed E-state index contributed by atoms with van der Waals surface area (Å²) >= 11 is 0. The Morgan fingerprint density at radius 2 is 1.67 bits per heavy atom. The Kier molecular flexibility index (Phi) is 11.2. The fourth-order valence-corrected chi connectivity index (χ4v) is 14.0. The van der Waals surface area contributed by atoms with Crippen molar-refractivity contribution in [3.63, 3.8) is 0 Å². The van der Waals surface area contributed by atoms with E-state index in [-0.39, 0.29) is 0 Å². The van der Waals surface area contributed by atoms with Crippen molar-refractivity contribution in [3.05, 3.63) is 29.8 Å². The van der Waals surface area contributed by atoms with Crippen molar-refractivity contribution in [2.75, 3.05) is 0 Å². The molecule has 21 heavy (non-hydrogen) atoms. The molecule has 0 saturated heterocycles. The molecule has 0 unspecified atom stereocenters. The molecular weight excluding hydrogens is 413 g/mol. The molecule has 1 aromatic carbocycles. The Morgan fingerprint density at radius 1 is 0.952 bits per heavy atom. The van der Waals surface area contributed by atoms with Crippen LogP contribution in [0.1, 0.15) is 10.4 Å². The maximum atomic E-state index is 11.2. The highest BCUT2D eigenvalue weighted by atomic mass is 33.9. The standard InChI is InChI=1S/C8H8N2O4S7/c11-7(9-13)5-2-1-3-6(4-5)15-17-19-21-20-18-16-8(12)10-14/h1-4,13-14H,(H,9,11)(H,10,12). The normalized spacial score (nSPS) is 10.2. The van der Waals surface area contributed by atoms with Crippen LogP contribution in [-0.4, -0.2) is 21.6 Å². The summed E-state index contributed by atoms with van der Waals surface area (Å²) in [5.41, 5.74) is 3.50. The molecule has 2 amide bonds. The molecule has 0 bridgehead atoms. The smallest absolute Gasteiger partial charge is 0.288 e. The van der Waals surface area contributed by atoms with Gasteiger partial charge in [-0.25, -0.2) is 11.0 Å². The highest BCUT2D eigenvalue weighted by Gasteiger charge is 2.06. The molecule has 0 atom stereocenters. The van der Waals surface area contributed by atoms with Gasteiger partial charge in [-0.15, -0.1) is 0 Å². The van der Waals surface area contributed by atoms with Crippen LogP contribution in [0.2, 0.25) is 0 Å². The molecule has 1 aromatic rings. The molecule has 0 aliphatic carbocycles. The highest BCUT2D eigenvalue weighted by molar-refractivity contribution is 9.46. The fraction of sp³-hybridized carbons (Fsp3) is 0. The lowest BCUT2D eigenvalue weighted by atomic mass is 10.2. The van der Waals surface area contributed by atoms with Crippen molar-refractivity contribution < 1.29 is 20.0 Å². The van der Waals surface area contributed by atoms with Crippen LogP contribution in [0.4, 0.5) is 4.79 Å². The Balaban J connectivity index is 2.18. The zero-order valence-electron chi connectivity index (χ0n) is 9.88. The molecule has 116 valence electrons. The highest BCUT2D eigenvalue weighted by Crippen LogP contribution is 2.56. The van der Waals surface area contributed by atoms with Crippen LogP contribution >= 0.6 is 70.7 Å². The minimum Gasteiger partial charge on any atom is -0.288 e. The molecule has 0 radical (unpaired) electrons. The molecule has 6 nitrogen and oxygen atoms in total. The average Bonchev–Trinajstić information content (AvgIpc) is 2.53. The van der Waals surface area contributed by atoms with Gasteiger partial charge in [-0.05, 0) is 78.1 Å². The number of hydroxylamine groups is 2. The zero-order valence-corrected chi connectivity index (χ0v) is 15.6. The Morgan fingerprint density at radius 3 is 2.38 bits per heavy atom. The second-order valence-electron chi connectivity index (χ2n) is 2.87. The molecule has 0 spiro atoms. The lowest BCUT2D eigenvalue weighted by molar-refractivity contribution is 0.0706. The summed E-state index contributed by atoms with van der Waals surface area (Å²) < 4.78 is 0. The SMILES string of the molecule is O=C(NO)SSSSSSSc1cccc(C(=O)NO)c1. The molecule has 1 rings (SSSR count). The second kappa shape index (κ2) is 12.0. The fourth-order valence-electron chi connectivity index (χ4n) is 0.904. The lowest BCUT2D eigenvalue weighted by Crippen LogP contribution is -2.18. The first-order valence-corrected chi connectivity index (χ1v) is 13.7. The first-order chi connectivity index (χ1) is 10.2. The van der Waals surface area contributed by atoms with Crippen LogP contribution in [0.25, 0.3) is 0 Å². The van der Waals surface area contributed by atoms with Crippen molar-refractivity contribution in [3.8, 4) is 0 Å². The van der Waals surface area contributed by atoms with Crippen molar-refractivity contribution in [2.24, 2.45) is 0 Å². The first-order valence-electron chi connectivity index (χ1n) is 4.84. The van der Waals surface area contributed by atoms with Crippen LogP contribution in [0.15, 0.2) is 29.2 Å². The third-order valence-electron chi connectivity index (χ3n) is 1.64. The number of rotatable bonds is 8. The third-order valence-corrected chi connectivity index (χ3v) is 14.0. The largest absolute Gasteiger partial charge is 0.313 e. The summed E-state index contributed by atoms with van der Waals surface area (Å²) in [7, 11) is 9.51. The van der Waals surface area contributed by atoms with E-state index in [0.29, 0.717) is 5.56 Å². The number of amides is 2. The van der Waals surface area contributed by atoms with Crippen molar-refractivity contribution >= 4 is 81.9 Å². The summed E-state index contributed by atoms with van der Waals surface area (Å²) in [6.45, 7) is 0. The molecule has 13 heteroatoms. The Bertz CT molecular complexity index is 478. The van der Waals surface area contributed by atoms with E-state index in [9.17, 15) is 9.59 Å². The van der Waals surface area contributed by atoms with E-state index in [4.69, 9.17) is 10.4 Å². The van der Waals surface area contributed by atoms with Gasteiger partial charge in [0.05, 0.1) is 0 Å². The van der Waals surface area contributed by atoms with Crippen LogP contribution in [0.5, 0.6) is 0 Å². The van der Waals surface area contributed by atoms with Crippen LogP contribution in [-0.2, 0) is 0 Å². The second-order valence-corrected chi connectivity index (χ2v) is 13.9. The lowest BCUT2D eigenvalue weighted by Gasteiger charge is -2.02. The summed E-state index contributed by atoms with van der Waals surface area (Å²) in [5, 5.41) is 16.3. The molecular formula is C8H8N2O4S7. The quantitative estimate of drug-likeness (QED) is 0.200. The number of benzene rings is 1. The van der Waals surface area contributed by atoms with Gasteiger partial charge in [0.1, 0.15) is 0 Å². The number of carbonyl (C=O) groups is 2. The minimum absolute atomic E-state index is 0.386. The maximum absolute atomic E-state index is 11.2. The molecule has 0 saturated carbocycles. The minimum atomic E-state index is -0.546. The van der Waals surface area contributed by atoms with Crippen molar-refractivity contribution in [2.45, 2.75) is 4.90 Å². The van der Waals surface area contributed by atoms with Gasteiger partial charge in [-0.3, -0.25) is 20.0 Å². The van der Waals surface area contributed by atoms with Gasteiger partial charge in [0.25, 0.3) is 5.91 Å². The van der Waals surface area contributed by atoms with Crippen LogP contribution in [0.3, 0.4) is 0 Å². The van der Waals surface area contributed by atoms with Crippen molar-refractivity contribution in [1.82, 2.24) is 11.0 Å². The van der Waals surface area contributed by atoms with Crippen LogP contribution in [0, 0.1) is 0 Å². The van der Waals surface area contributed by atoms with Gasteiger partial charge in [-0.2, -0.15) is 0 Å². The number of hydrogen-bond donors (Lipinski definition) is 4. The Hall–Kier alpha value is 0.530. The summed E-state index contributed by atoms with van der Waals surface area (Å²) in [4.78, 5) is 22.8. The maximum Gasteiger partial charge on any atom is 0.313 e. The number of nitrogens with one attached hydrogen (secondary N) is 2. The first kappa shape index (κ1) is 19.6. The number of carbonyl (C=O) groups excluding carboxylic acids is 2. The predicted octanol–water partition coefficient (Wildman–Crippen LogP) is 4.89. The van der Waals surface area contributed by atoms with E-state index in [0.717, 1.165) is 15.7 Å². The predicted molar refractivity (Wildman–Crippen MR) is 97.4 cm³/mol. The van der Waals surface area contributed by atoms with Gasteiger partial charge in [0, 0.05) is 21.3 Å². The molecule has 0 aliphatic heterocycles. The summed E-state index contributed by atoms with van der Waals surface area (Å²) in [6.07, 6.45) is 0.